The van der Waals surface area contributed by atoms with E-state index in [1.54, 1.807) is 0 Å². The smallest absolute Gasteiger partial charge is 0.317 e. The molecule has 2 aliphatic heterocycles. The Hall–Kier alpha value is -3.47. The fourth-order valence-electron chi connectivity index (χ4n) is 3.19. The van der Waals surface area contributed by atoms with Crippen LogP contribution in [0.5, 0.6) is 0 Å². The lowest BCUT2D eigenvalue weighted by atomic mass is 10.1. The molecule has 11 heteroatoms. The summed E-state index contributed by atoms with van der Waals surface area (Å²) in [7, 11) is 0. The van der Waals surface area contributed by atoms with Crippen molar-refractivity contribution in [3.8, 4) is 0 Å². The van der Waals surface area contributed by atoms with Crippen molar-refractivity contribution < 1.29 is 38.7 Å². The first-order chi connectivity index (χ1) is 14.7. The highest BCUT2D eigenvalue weighted by molar-refractivity contribution is 6.13. The fraction of sp³-hybridized carbons (Fsp3) is 0.450. The van der Waals surface area contributed by atoms with Crippen LogP contribution in [0.4, 0.5) is 0 Å². The van der Waals surface area contributed by atoms with Crippen molar-refractivity contribution in [1.29, 1.82) is 0 Å². The topological polar surface area (TPSA) is 149 Å². The van der Waals surface area contributed by atoms with Crippen molar-refractivity contribution in [2.45, 2.75) is 25.7 Å². The molecule has 0 radical (unpaired) electrons. The molecule has 0 saturated carbocycles. The Morgan fingerprint density at radius 3 is 1.35 bits per heavy atom. The van der Waals surface area contributed by atoms with E-state index in [1.807, 2.05) is 0 Å². The quantitative estimate of drug-likeness (QED) is 0.338. The lowest BCUT2D eigenvalue weighted by Gasteiger charge is -2.19. The molecule has 0 aromatic rings. The Kier molecular flexibility index (Phi) is 8.50. The van der Waals surface area contributed by atoms with E-state index in [0.29, 0.717) is 0 Å². The average Bonchev–Trinajstić information content (AvgIpc) is 3.17. The van der Waals surface area contributed by atoms with E-state index in [4.69, 9.17) is 5.11 Å². The van der Waals surface area contributed by atoms with Crippen molar-refractivity contribution in [1.82, 2.24) is 14.7 Å². The number of Topliss-reactive ketones (excluding diaryl/α,β-unsaturated/α-hetero) is 2. The maximum Gasteiger partial charge on any atom is 0.317 e. The highest BCUT2D eigenvalue weighted by Gasteiger charge is 2.24. The summed E-state index contributed by atoms with van der Waals surface area (Å²) >= 11 is 0. The van der Waals surface area contributed by atoms with Gasteiger partial charge in [0.15, 0.2) is 0 Å². The number of carboxylic acids is 1. The van der Waals surface area contributed by atoms with Gasteiger partial charge >= 0.3 is 5.97 Å². The Balaban J connectivity index is 1.73. The molecule has 1 N–H and O–H groups in total. The van der Waals surface area contributed by atoms with Gasteiger partial charge < -0.3 is 5.11 Å². The summed E-state index contributed by atoms with van der Waals surface area (Å²) in [4.78, 5) is 84.5. The van der Waals surface area contributed by atoms with Crippen LogP contribution in [0.25, 0.3) is 0 Å². The van der Waals surface area contributed by atoms with E-state index < -0.39 is 36.1 Å². The van der Waals surface area contributed by atoms with Crippen LogP contribution in [0, 0.1) is 0 Å². The number of imide groups is 2. The van der Waals surface area contributed by atoms with Crippen LogP contribution in [-0.2, 0) is 33.6 Å². The van der Waals surface area contributed by atoms with Crippen molar-refractivity contribution >= 4 is 41.2 Å². The van der Waals surface area contributed by atoms with Gasteiger partial charge in [0.25, 0.3) is 23.6 Å². The molecule has 2 aliphatic rings. The third-order valence-corrected chi connectivity index (χ3v) is 4.63. The number of nitrogens with zero attached hydrogens (tertiary/aromatic N) is 3. The third kappa shape index (κ3) is 7.37. The minimum atomic E-state index is -1.20. The monoisotopic (exact) mass is 433 g/mol. The van der Waals surface area contributed by atoms with Crippen molar-refractivity contribution in [3.63, 3.8) is 0 Å². The first-order valence-electron chi connectivity index (χ1n) is 9.72. The Bertz CT molecular complexity index is 762. The number of carbonyl (C=O) groups excluding carboxylic acids is 6. The summed E-state index contributed by atoms with van der Waals surface area (Å²) in [6.07, 6.45) is 5.11. The van der Waals surface area contributed by atoms with Gasteiger partial charge in [-0.15, -0.1) is 0 Å². The molecule has 11 nitrogen and oxygen atoms in total. The number of amides is 4. The summed E-state index contributed by atoms with van der Waals surface area (Å²) in [5.41, 5.74) is 0. The first-order valence-corrected chi connectivity index (χ1v) is 9.72. The maximum atomic E-state index is 12.2. The standard InChI is InChI=1S/C20H23N3O8/c24-14(3-1-9-22-16(26)5-6-17(22)27)11-21(13-20(30)31)12-15(25)4-2-10-23-18(28)7-8-19(23)29/h5-8H,1-4,9-13H2,(H,30,31). The molecular formula is C20H23N3O8. The van der Waals surface area contributed by atoms with E-state index in [0.717, 1.165) is 34.1 Å². The molecule has 0 atom stereocenters. The van der Waals surface area contributed by atoms with E-state index in [-0.39, 0.29) is 63.4 Å². The summed E-state index contributed by atoms with van der Waals surface area (Å²) in [5, 5.41) is 9.02. The molecule has 0 aromatic heterocycles. The second-order valence-corrected chi connectivity index (χ2v) is 7.15. The van der Waals surface area contributed by atoms with Crippen molar-refractivity contribution in [3.05, 3.63) is 24.3 Å². The second kappa shape index (κ2) is 11.1. The zero-order chi connectivity index (χ0) is 23.0. The Morgan fingerprint density at radius 1 is 0.677 bits per heavy atom. The minimum Gasteiger partial charge on any atom is -0.480 e. The zero-order valence-corrected chi connectivity index (χ0v) is 16.8. The molecule has 0 bridgehead atoms. The molecule has 4 amide bonds. The summed E-state index contributed by atoms with van der Waals surface area (Å²) < 4.78 is 0. The van der Waals surface area contributed by atoms with Gasteiger partial charge in [-0.3, -0.25) is 48.3 Å². The van der Waals surface area contributed by atoms with E-state index in [2.05, 4.69) is 0 Å². The predicted octanol–water partition coefficient (Wildman–Crippen LogP) is -1.08. The Labute approximate surface area is 177 Å². The van der Waals surface area contributed by atoms with Gasteiger partial charge in [-0.2, -0.15) is 0 Å². The van der Waals surface area contributed by atoms with Crippen LogP contribution < -0.4 is 0 Å². The predicted molar refractivity (Wildman–Crippen MR) is 104 cm³/mol. The summed E-state index contributed by atoms with van der Waals surface area (Å²) in [6, 6.07) is 0. The number of rotatable bonds is 14. The van der Waals surface area contributed by atoms with Gasteiger partial charge in [-0.25, -0.2) is 0 Å². The fourth-order valence-corrected chi connectivity index (χ4v) is 3.19. The van der Waals surface area contributed by atoms with Gasteiger partial charge in [-0.05, 0) is 12.8 Å². The molecule has 0 spiro atoms. The molecule has 2 heterocycles. The highest BCUT2D eigenvalue weighted by atomic mass is 16.4. The van der Waals surface area contributed by atoms with Crippen LogP contribution in [0.1, 0.15) is 25.7 Å². The molecular weight excluding hydrogens is 410 g/mol. The normalized spacial score (nSPS) is 15.6. The lowest BCUT2D eigenvalue weighted by molar-refractivity contribution is -0.140. The highest BCUT2D eigenvalue weighted by Crippen LogP contribution is 2.08. The molecule has 0 saturated heterocycles. The minimum absolute atomic E-state index is 0.0214. The molecule has 0 aromatic carbocycles. The largest absolute Gasteiger partial charge is 0.480 e. The van der Waals surface area contributed by atoms with Gasteiger partial charge in [0.2, 0.25) is 0 Å². The SMILES string of the molecule is O=C(O)CN(CC(=O)CCCN1C(=O)C=CC1=O)CC(=O)CCCN1C(=O)C=CC1=O. The van der Waals surface area contributed by atoms with Gasteiger partial charge in [0.1, 0.15) is 11.6 Å². The lowest BCUT2D eigenvalue weighted by Crippen LogP contribution is -2.39. The van der Waals surface area contributed by atoms with Crippen LogP contribution in [-0.4, -0.2) is 93.7 Å². The average molecular weight is 433 g/mol. The van der Waals surface area contributed by atoms with E-state index >= 15 is 0 Å². The van der Waals surface area contributed by atoms with Crippen LogP contribution in [0.2, 0.25) is 0 Å². The number of carbonyl (C=O) groups is 7. The third-order valence-electron chi connectivity index (χ3n) is 4.63. The number of ketones is 2. The first kappa shape index (κ1) is 23.8. The van der Waals surface area contributed by atoms with Gasteiger partial charge in [-0.1, -0.05) is 0 Å². The van der Waals surface area contributed by atoms with Crippen molar-refractivity contribution in [2.24, 2.45) is 0 Å². The van der Waals surface area contributed by atoms with Gasteiger partial charge in [0.05, 0.1) is 19.6 Å². The number of carboxylic acid groups (broad SMARTS) is 1. The number of hydrogen-bond donors (Lipinski definition) is 1. The van der Waals surface area contributed by atoms with Crippen LogP contribution >= 0.6 is 0 Å². The second-order valence-electron chi connectivity index (χ2n) is 7.15. The van der Waals surface area contributed by atoms with E-state index in [9.17, 15) is 33.6 Å². The molecule has 0 unspecified atom stereocenters. The van der Waals surface area contributed by atoms with Gasteiger partial charge in [0, 0.05) is 50.2 Å². The summed E-state index contributed by atoms with van der Waals surface area (Å²) in [6.45, 7) is -0.859. The zero-order valence-electron chi connectivity index (χ0n) is 16.8. The maximum absolute atomic E-state index is 12.2. The molecule has 2 rings (SSSR count). The van der Waals surface area contributed by atoms with E-state index in [1.165, 1.54) is 4.90 Å². The van der Waals surface area contributed by atoms with Crippen LogP contribution in [0.15, 0.2) is 24.3 Å². The molecule has 0 aliphatic carbocycles. The Morgan fingerprint density at radius 2 is 1.03 bits per heavy atom. The summed E-state index contributed by atoms with van der Waals surface area (Å²) in [5.74, 6) is -3.60. The number of aliphatic carboxylic acids is 1. The van der Waals surface area contributed by atoms with Crippen molar-refractivity contribution in [2.75, 3.05) is 32.7 Å². The molecule has 31 heavy (non-hydrogen) atoms. The molecule has 0 fully saturated rings. The molecule has 166 valence electrons. The van der Waals surface area contributed by atoms with Crippen LogP contribution in [0.3, 0.4) is 0 Å². The number of hydrogen-bond acceptors (Lipinski definition) is 8.